The van der Waals surface area contributed by atoms with Gasteiger partial charge in [0.15, 0.2) is 0 Å². The Labute approximate surface area is 136 Å². The van der Waals surface area contributed by atoms with Gasteiger partial charge in [0.25, 0.3) is 0 Å². The number of benzene rings is 2. The van der Waals surface area contributed by atoms with E-state index in [0.717, 1.165) is 22.9 Å². The zero-order valence-electron chi connectivity index (χ0n) is 10.6. The predicted molar refractivity (Wildman–Crippen MR) is 88.7 cm³/mol. The van der Waals surface area contributed by atoms with Crippen LogP contribution in [0.3, 0.4) is 0 Å². The lowest BCUT2D eigenvalue weighted by atomic mass is 10.1. The summed E-state index contributed by atoms with van der Waals surface area (Å²) in [5, 5.41) is 1.83. The van der Waals surface area contributed by atoms with Crippen LogP contribution in [-0.2, 0) is 0 Å². The van der Waals surface area contributed by atoms with Crippen molar-refractivity contribution in [3.63, 3.8) is 0 Å². The van der Waals surface area contributed by atoms with E-state index in [1.807, 2.05) is 30.3 Å². The number of hydrogen-bond donors (Lipinski definition) is 0. The van der Waals surface area contributed by atoms with Gasteiger partial charge in [-0.25, -0.2) is 0 Å². The van der Waals surface area contributed by atoms with Crippen molar-refractivity contribution < 1.29 is 9.53 Å². The quantitative estimate of drug-likeness (QED) is 0.323. The minimum atomic E-state index is -0.409. The van der Waals surface area contributed by atoms with E-state index < -0.39 is 5.37 Å². The lowest BCUT2D eigenvalue weighted by Gasteiger charge is -2.22. The van der Waals surface area contributed by atoms with Gasteiger partial charge in [-0.2, -0.15) is 0 Å². The molecule has 2 aromatic carbocycles. The molecule has 0 N–H and O–H groups in total. The first-order valence-electron chi connectivity index (χ1n) is 6.41. The van der Waals surface area contributed by atoms with Gasteiger partial charge in [-0.15, -0.1) is 0 Å². The molecule has 0 radical (unpaired) electrons. The van der Waals surface area contributed by atoms with Crippen molar-refractivity contribution in [2.24, 2.45) is 0 Å². The zero-order chi connectivity index (χ0) is 14.1. The molecule has 2 aromatic rings. The predicted octanol–water partition coefficient (Wildman–Crippen LogP) is 4.41. The highest BCUT2D eigenvalue weighted by Crippen LogP contribution is 2.32. The van der Waals surface area contributed by atoms with Crippen LogP contribution in [0.4, 0.5) is 4.79 Å². The zero-order valence-corrected chi connectivity index (χ0v) is 13.5. The van der Waals surface area contributed by atoms with Gasteiger partial charge in [-0.1, -0.05) is 59.0 Å². The molecular weight excluding hydrogens is 389 g/mol. The summed E-state index contributed by atoms with van der Waals surface area (Å²) in [6.45, 7) is 0.644. The molecule has 1 fully saturated rings. The maximum absolute atomic E-state index is 11.3. The number of carbonyl (C=O) groups excluding carboxylic acids is 1. The summed E-state index contributed by atoms with van der Waals surface area (Å²) in [7, 11) is 0. The number of halogens is 2. The Balaban J connectivity index is 1.86. The van der Waals surface area contributed by atoms with Crippen molar-refractivity contribution in [3.05, 3.63) is 42.5 Å². The molecule has 1 saturated heterocycles. The first-order valence-corrected chi connectivity index (χ1v) is 8.04. The topological polar surface area (TPSA) is 29.5 Å². The smallest absolute Gasteiger partial charge is 0.317 e. The van der Waals surface area contributed by atoms with Crippen LogP contribution in [0, 0.1) is 0 Å². The second kappa shape index (κ2) is 5.77. The Kier molecular flexibility index (Phi) is 4.03. The molecule has 0 spiro atoms. The van der Waals surface area contributed by atoms with E-state index in [-0.39, 0.29) is 10.2 Å². The van der Waals surface area contributed by atoms with E-state index in [1.54, 1.807) is 4.90 Å². The van der Waals surface area contributed by atoms with Crippen molar-refractivity contribution in [2.75, 3.05) is 6.54 Å². The van der Waals surface area contributed by atoms with Crippen molar-refractivity contribution >= 4 is 50.3 Å². The molecule has 104 valence electrons. The van der Waals surface area contributed by atoms with Gasteiger partial charge in [-0.05, 0) is 23.1 Å². The fraction of sp³-hybridized carbons (Fsp3) is 0.267. The van der Waals surface area contributed by atoms with E-state index >= 15 is 0 Å². The van der Waals surface area contributed by atoms with Gasteiger partial charge in [-0.3, -0.25) is 4.79 Å². The maximum Gasteiger partial charge on any atom is 0.317 e. The van der Waals surface area contributed by atoms with Crippen molar-refractivity contribution in [1.29, 1.82) is 0 Å². The van der Waals surface area contributed by atoms with Crippen LogP contribution in [0.1, 0.15) is 6.42 Å². The van der Waals surface area contributed by atoms with Gasteiger partial charge in [0.05, 0.1) is 0 Å². The molecule has 0 bridgehead atoms. The van der Waals surface area contributed by atoms with E-state index in [4.69, 9.17) is 16.3 Å². The molecule has 1 heterocycles. The summed E-state index contributed by atoms with van der Waals surface area (Å²) in [6, 6.07) is 14.1. The average molecular weight is 402 g/mol. The maximum atomic E-state index is 11.3. The molecule has 20 heavy (non-hydrogen) atoms. The average Bonchev–Trinajstić information content (AvgIpc) is 2.81. The van der Waals surface area contributed by atoms with E-state index in [1.165, 1.54) is 0 Å². The SMILES string of the molecule is O=C(Cl)N1CCC(Oc2cccc3ccccc23)C1I. The second-order valence-corrected chi connectivity index (χ2v) is 6.34. The van der Waals surface area contributed by atoms with Gasteiger partial charge < -0.3 is 9.64 Å². The van der Waals surface area contributed by atoms with Crippen LogP contribution >= 0.6 is 34.2 Å². The number of amides is 1. The first kappa shape index (κ1) is 13.9. The lowest BCUT2D eigenvalue weighted by molar-refractivity contribution is 0.194. The van der Waals surface area contributed by atoms with Crippen molar-refractivity contribution in [2.45, 2.75) is 16.6 Å². The van der Waals surface area contributed by atoms with Crippen LogP contribution in [0.15, 0.2) is 42.5 Å². The first-order chi connectivity index (χ1) is 9.66. The molecule has 2 unspecified atom stereocenters. The van der Waals surface area contributed by atoms with E-state index in [9.17, 15) is 4.79 Å². The fourth-order valence-corrected chi connectivity index (χ4v) is 3.88. The molecule has 2 atom stereocenters. The monoisotopic (exact) mass is 401 g/mol. The van der Waals surface area contributed by atoms with Gasteiger partial charge in [0, 0.05) is 18.4 Å². The molecule has 0 saturated carbocycles. The normalized spacial score (nSPS) is 22.2. The van der Waals surface area contributed by atoms with E-state index in [0.29, 0.717) is 6.54 Å². The Hall–Kier alpha value is -1.01. The fourth-order valence-electron chi connectivity index (χ4n) is 2.49. The van der Waals surface area contributed by atoms with Crippen LogP contribution in [-0.4, -0.2) is 27.0 Å². The van der Waals surface area contributed by atoms with Gasteiger partial charge in [0.1, 0.15) is 15.9 Å². The number of ether oxygens (including phenoxy) is 1. The minimum absolute atomic E-state index is 0.0240. The summed E-state index contributed by atoms with van der Waals surface area (Å²) in [5.41, 5.74) is 0. The standard InChI is InChI=1S/C15H13ClINO2/c16-15(19)18-9-8-13(14(18)17)20-12-7-3-5-10-4-1-2-6-11(10)12/h1-7,13-14H,8-9H2. The van der Waals surface area contributed by atoms with Crippen LogP contribution in [0.25, 0.3) is 10.8 Å². The highest BCUT2D eigenvalue weighted by Gasteiger charge is 2.36. The Morgan fingerprint density at radius 1 is 1.25 bits per heavy atom. The number of alkyl halides is 1. The summed E-state index contributed by atoms with van der Waals surface area (Å²) < 4.78 is 6.09. The third-order valence-electron chi connectivity index (χ3n) is 3.51. The third kappa shape index (κ3) is 2.59. The van der Waals surface area contributed by atoms with Crippen LogP contribution < -0.4 is 4.74 Å². The lowest BCUT2D eigenvalue weighted by Crippen LogP contribution is -2.34. The second-order valence-electron chi connectivity index (χ2n) is 4.74. The minimum Gasteiger partial charge on any atom is -0.487 e. The molecule has 1 aliphatic heterocycles. The molecule has 1 aliphatic rings. The Bertz CT molecular complexity index is 643. The summed E-state index contributed by atoms with van der Waals surface area (Å²) in [4.78, 5) is 12.9. The van der Waals surface area contributed by atoms with Gasteiger partial charge in [0.2, 0.25) is 0 Å². The number of fused-ring (bicyclic) bond motifs is 1. The summed E-state index contributed by atoms with van der Waals surface area (Å²) in [6.07, 6.45) is 0.777. The number of hydrogen-bond acceptors (Lipinski definition) is 2. The summed E-state index contributed by atoms with van der Waals surface area (Å²) in [5.74, 6) is 0.860. The molecule has 0 aliphatic carbocycles. The molecule has 3 rings (SSSR count). The van der Waals surface area contributed by atoms with Crippen molar-refractivity contribution in [1.82, 2.24) is 4.90 Å². The van der Waals surface area contributed by atoms with Gasteiger partial charge >= 0.3 is 5.37 Å². The molecule has 5 heteroatoms. The van der Waals surface area contributed by atoms with Crippen molar-refractivity contribution in [3.8, 4) is 5.75 Å². The molecule has 1 amide bonds. The van der Waals surface area contributed by atoms with Crippen LogP contribution in [0.5, 0.6) is 5.75 Å². The molecule has 3 nitrogen and oxygen atoms in total. The summed E-state index contributed by atoms with van der Waals surface area (Å²) >= 11 is 7.79. The molecular formula is C15H13ClINO2. The Morgan fingerprint density at radius 2 is 2.00 bits per heavy atom. The number of nitrogens with zero attached hydrogens (tertiary/aromatic N) is 1. The third-order valence-corrected chi connectivity index (χ3v) is 5.20. The molecule has 0 aromatic heterocycles. The number of likely N-dealkylation sites (tertiary alicyclic amines) is 1. The number of rotatable bonds is 2. The Morgan fingerprint density at radius 3 is 2.75 bits per heavy atom. The van der Waals surface area contributed by atoms with E-state index in [2.05, 4.69) is 34.7 Å². The highest BCUT2D eigenvalue weighted by atomic mass is 127. The largest absolute Gasteiger partial charge is 0.487 e. The highest BCUT2D eigenvalue weighted by molar-refractivity contribution is 14.1. The van der Waals surface area contributed by atoms with Crippen LogP contribution in [0.2, 0.25) is 0 Å². The number of carbonyl (C=O) groups is 1.